The minimum atomic E-state index is -1.67. The fourth-order valence-corrected chi connectivity index (χ4v) is 0.893. The van der Waals surface area contributed by atoms with Crippen molar-refractivity contribution in [2.75, 3.05) is 0 Å². The second-order valence-corrected chi connectivity index (χ2v) is 2.16. The molecule has 4 heteroatoms. The molecule has 0 unspecified atom stereocenters. The number of hydrogen-bond donors (Lipinski definition) is 2. The Morgan fingerprint density at radius 3 is 2.30 bits per heavy atom. The molecule has 2 nitrogen and oxygen atoms in total. The monoisotopic (exact) mass is 142 g/mol. The summed E-state index contributed by atoms with van der Waals surface area (Å²) in [6.07, 6.45) is 4.18. The van der Waals surface area contributed by atoms with Crippen molar-refractivity contribution in [2.45, 2.75) is 12.8 Å². The molecular formula is C6H8BFO2. The van der Waals surface area contributed by atoms with Gasteiger partial charge in [0.05, 0.1) is 0 Å². The number of allylic oxidation sites excluding steroid dienone is 4. The van der Waals surface area contributed by atoms with Gasteiger partial charge in [0, 0.05) is 5.47 Å². The molecule has 10 heavy (non-hydrogen) atoms. The summed E-state index contributed by atoms with van der Waals surface area (Å²) in [4.78, 5) is 0. The van der Waals surface area contributed by atoms with Gasteiger partial charge in [0.1, 0.15) is 5.83 Å². The third-order valence-electron chi connectivity index (χ3n) is 1.41. The van der Waals surface area contributed by atoms with Crippen LogP contribution in [0.2, 0.25) is 0 Å². The second-order valence-electron chi connectivity index (χ2n) is 2.16. The molecule has 0 bridgehead atoms. The van der Waals surface area contributed by atoms with Gasteiger partial charge in [0.25, 0.3) is 0 Å². The van der Waals surface area contributed by atoms with E-state index in [4.69, 9.17) is 10.0 Å². The summed E-state index contributed by atoms with van der Waals surface area (Å²) < 4.78 is 12.6. The molecule has 0 heterocycles. The Bertz CT molecular complexity index is 186. The molecule has 0 amide bonds. The highest BCUT2D eigenvalue weighted by Gasteiger charge is 2.20. The summed E-state index contributed by atoms with van der Waals surface area (Å²) in [5.74, 6) is -0.513. The lowest BCUT2D eigenvalue weighted by molar-refractivity contribution is 0.415. The van der Waals surface area contributed by atoms with Crippen molar-refractivity contribution in [1.82, 2.24) is 0 Å². The van der Waals surface area contributed by atoms with E-state index >= 15 is 0 Å². The van der Waals surface area contributed by atoms with E-state index in [1.54, 1.807) is 0 Å². The average molecular weight is 142 g/mol. The zero-order valence-corrected chi connectivity index (χ0v) is 5.42. The van der Waals surface area contributed by atoms with Crippen molar-refractivity contribution >= 4 is 7.12 Å². The Labute approximate surface area is 58.8 Å². The van der Waals surface area contributed by atoms with Gasteiger partial charge in [0.2, 0.25) is 0 Å². The van der Waals surface area contributed by atoms with E-state index in [1.807, 2.05) is 0 Å². The Morgan fingerprint density at radius 2 is 1.90 bits per heavy atom. The van der Waals surface area contributed by atoms with Gasteiger partial charge < -0.3 is 10.0 Å². The first-order chi connectivity index (χ1) is 4.72. The van der Waals surface area contributed by atoms with E-state index in [1.165, 1.54) is 12.2 Å². The predicted octanol–water partition coefficient (Wildman–Crippen LogP) is 0.572. The molecule has 0 saturated carbocycles. The van der Waals surface area contributed by atoms with E-state index in [9.17, 15) is 4.39 Å². The third-order valence-corrected chi connectivity index (χ3v) is 1.41. The maximum absolute atomic E-state index is 12.6. The van der Waals surface area contributed by atoms with Gasteiger partial charge in [-0.05, 0) is 18.9 Å². The van der Waals surface area contributed by atoms with Crippen molar-refractivity contribution in [2.24, 2.45) is 0 Å². The van der Waals surface area contributed by atoms with E-state index in [0.717, 1.165) is 0 Å². The molecule has 0 saturated heterocycles. The molecule has 0 radical (unpaired) electrons. The Hall–Kier alpha value is -0.605. The van der Waals surface area contributed by atoms with Crippen LogP contribution in [-0.4, -0.2) is 17.2 Å². The first-order valence-corrected chi connectivity index (χ1v) is 3.14. The van der Waals surface area contributed by atoms with Crippen LogP contribution >= 0.6 is 0 Å². The lowest BCUT2D eigenvalue weighted by atomic mass is 9.76. The molecular weight excluding hydrogens is 134 g/mol. The minimum Gasteiger partial charge on any atom is -0.423 e. The lowest BCUT2D eigenvalue weighted by Gasteiger charge is -2.07. The summed E-state index contributed by atoms with van der Waals surface area (Å²) in [6, 6.07) is 0. The molecule has 0 fully saturated rings. The maximum Gasteiger partial charge on any atom is 0.491 e. The molecule has 0 aliphatic heterocycles. The second kappa shape index (κ2) is 2.99. The van der Waals surface area contributed by atoms with Gasteiger partial charge in [-0.2, -0.15) is 0 Å². The summed E-state index contributed by atoms with van der Waals surface area (Å²) in [7, 11) is -1.67. The van der Waals surface area contributed by atoms with Crippen molar-refractivity contribution < 1.29 is 14.4 Å². The summed E-state index contributed by atoms with van der Waals surface area (Å²) in [5.41, 5.74) is -0.00810. The van der Waals surface area contributed by atoms with Crippen LogP contribution in [0.5, 0.6) is 0 Å². The van der Waals surface area contributed by atoms with Crippen LogP contribution in [0.4, 0.5) is 4.39 Å². The van der Waals surface area contributed by atoms with Crippen LogP contribution in [-0.2, 0) is 0 Å². The van der Waals surface area contributed by atoms with E-state index in [-0.39, 0.29) is 5.47 Å². The van der Waals surface area contributed by atoms with E-state index < -0.39 is 12.9 Å². The fourth-order valence-electron chi connectivity index (χ4n) is 0.893. The number of halogens is 1. The predicted molar refractivity (Wildman–Crippen MR) is 36.7 cm³/mol. The van der Waals surface area contributed by atoms with Crippen molar-refractivity contribution in [3.63, 3.8) is 0 Å². The summed E-state index contributed by atoms with van der Waals surface area (Å²) in [5, 5.41) is 17.1. The Morgan fingerprint density at radius 1 is 1.30 bits per heavy atom. The molecule has 0 aromatic heterocycles. The maximum atomic E-state index is 12.6. The van der Waals surface area contributed by atoms with Gasteiger partial charge in [-0.3, -0.25) is 0 Å². The molecule has 1 aliphatic rings. The lowest BCUT2D eigenvalue weighted by Crippen LogP contribution is -2.17. The largest absolute Gasteiger partial charge is 0.491 e. The summed E-state index contributed by atoms with van der Waals surface area (Å²) >= 11 is 0. The van der Waals surface area contributed by atoms with Gasteiger partial charge in [-0.15, -0.1) is 0 Å². The average Bonchev–Trinajstić information content (AvgIpc) is 1.88. The zero-order valence-electron chi connectivity index (χ0n) is 5.42. The molecule has 1 aliphatic carbocycles. The highest BCUT2D eigenvalue weighted by Crippen LogP contribution is 2.19. The Kier molecular flexibility index (Phi) is 2.24. The van der Waals surface area contributed by atoms with Crippen LogP contribution in [0.25, 0.3) is 0 Å². The molecule has 0 atom stereocenters. The van der Waals surface area contributed by atoms with Crippen LogP contribution < -0.4 is 0 Å². The first kappa shape index (κ1) is 7.50. The van der Waals surface area contributed by atoms with E-state index in [2.05, 4.69) is 0 Å². The molecule has 2 N–H and O–H groups in total. The van der Waals surface area contributed by atoms with Crippen LogP contribution in [0.1, 0.15) is 12.8 Å². The quantitative estimate of drug-likeness (QED) is 0.525. The molecule has 1 rings (SSSR count). The van der Waals surface area contributed by atoms with Gasteiger partial charge in [-0.1, -0.05) is 6.08 Å². The van der Waals surface area contributed by atoms with Gasteiger partial charge in [0.15, 0.2) is 0 Å². The molecule has 54 valence electrons. The molecule has 0 aromatic rings. The minimum absolute atomic E-state index is 0.00810. The topological polar surface area (TPSA) is 40.5 Å². The van der Waals surface area contributed by atoms with Gasteiger partial charge >= 0.3 is 7.12 Å². The molecule has 0 aromatic carbocycles. The Balaban J connectivity index is 2.74. The van der Waals surface area contributed by atoms with Crippen LogP contribution in [0, 0.1) is 0 Å². The standard InChI is InChI=1S/C6H8BFO2/c8-6-4-2-1-3-5(6)7(9)10/h3-4,9-10H,1-2H2. The smallest absolute Gasteiger partial charge is 0.423 e. The third kappa shape index (κ3) is 1.46. The van der Waals surface area contributed by atoms with Crippen LogP contribution in [0.15, 0.2) is 23.5 Å². The highest BCUT2D eigenvalue weighted by atomic mass is 19.1. The van der Waals surface area contributed by atoms with Crippen molar-refractivity contribution in [3.05, 3.63) is 23.5 Å². The fraction of sp³-hybridized carbons (Fsp3) is 0.333. The normalized spacial score (nSPS) is 17.9. The number of rotatable bonds is 1. The zero-order chi connectivity index (χ0) is 7.56. The highest BCUT2D eigenvalue weighted by molar-refractivity contribution is 6.52. The molecule has 0 spiro atoms. The SMILES string of the molecule is OB(O)C1=CCCC=C1F. The van der Waals surface area contributed by atoms with Gasteiger partial charge in [-0.25, -0.2) is 4.39 Å². The van der Waals surface area contributed by atoms with Crippen molar-refractivity contribution in [1.29, 1.82) is 0 Å². The first-order valence-electron chi connectivity index (χ1n) is 3.14. The van der Waals surface area contributed by atoms with Crippen molar-refractivity contribution in [3.8, 4) is 0 Å². The summed E-state index contributed by atoms with van der Waals surface area (Å²) in [6.45, 7) is 0. The number of hydrogen-bond acceptors (Lipinski definition) is 2. The van der Waals surface area contributed by atoms with Crippen LogP contribution in [0.3, 0.4) is 0 Å². The van der Waals surface area contributed by atoms with E-state index in [0.29, 0.717) is 12.8 Å².